The van der Waals surface area contributed by atoms with Crippen LogP contribution in [0, 0.1) is 0 Å². The molecule has 1 N–H and O–H groups in total. The molecule has 0 saturated carbocycles. The van der Waals surface area contributed by atoms with Crippen LogP contribution in [0.3, 0.4) is 0 Å². The summed E-state index contributed by atoms with van der Waals surface area (Å²) in [6, 6.07) is 4.94. The number of piperidine rings is 1. The molecule has 4 rings (SSSR count). The Hall–Kier alpha value is -1.38. The minimum absolute atomic E-state index is 0. The van der Waals surface area contributed by atoms with Crippen molar-refractivity contribution < 1.29 is 18.0 Å². The van der Waals surface area contributed by atoms with Gasteiger partial charge in [-0.2, -0.15) is 13.2 Å². The Balaban J connectivity index is 0.00000225. The largest absolute Gasteiger partial charge is 0.416 e. The summed E-state index contributed by atoms with van der Waals surface area (Å²) in [6.07, 6.45) is 0.804. The Morgan fingerprint density at radius 3 is 2.61 bits per heavy atom. The van der Waals surface area contributed by atoms with Gasteiger partial charge >= 0.3 is 6.18 Å². The number of amides is 1. The zero-order valence-electron chi connectivity index (χ0n) is 15.5. The molecule has 154 valence electrons. The van der Waals surface area contributed by atoms with Crippen LogP contribution < -0.4 is 5.32 Å². The van der Waals surface area contributed by atoms with Crippen LogP contribution >= 0.6 is 23.7 Å². The van der Waals surface area contributed by atoms with Gasteiger partial charge in [-0.25, -0.2) is 4.98 Å². The van der Waals surface area contributed by atoms with Crippen molar-refractivity contribution in [2.45, 2.75) is 62.8 Å². The predicted octanol–water partition coefficient (Wildman–Crippen LogP) is 4.41. The van der Waals surface area contributed by atoms with Crippen molar-refractivity contribution in [1.82, 2.24) is 15.2 Å². The van der Waals surface area contributed by atoms with Gasteiger partial charge in [0.1, 0.15) is 0 Å². The molecule has 28 heavy (non-hydrogen) atoms. The Morgan fingerprint density at radius 1 is 1.29 bits per heavy atom. The first-order valence-corrected chi connectivity index (χ1v) is 10.1. The van der Waals surface area contributed by atoms with Crippen LogP contribution in [0.2, 0.25) is 0 Å². The molecule has 2 aliphatic rings. The number of benzene rings is 1. The minimum atomic E-state index is -4.37. The van der Waals surface area contributed by atoms with E-state index in [-0.39, 0.29) is 24.4 Å². The molecule has 2 aliphatic heterocycles. The van der Waals surface area contributed by atoms with Crippen molar-refractivity contribution in [3.63, 3.8) is 0 Å². The van der Waals surface area contributed by atoms with E-state index < -0.39 is 11.7 Å². The molecule has 2 atom stereocenters. The number of carbonyl (C=O) groups excluding carboxylic acids is 1. The topological polar surface area (TPSA) is 45.2 Å². The van der Waals surface area contributed by atoms with Crippen LogP contribution in [0.25, 0.3) is 10.2 Å². The first kappa shape index (κ1) is 21.3. The average Bonchev–Trinajstić information content (AvgIpc) is 3.19. The highest BCUT2D eigenvalue weighted by molar-refractivity contribution is 7.18. The molecular weight excluding hydrogens is 411 g/mol. The van der Waals surface area contributed by atoms with Gasteiger partial charge in [0.15, 0.2) is 0 Å². The van der Waals surface area contributed by atoms with Crippen molar-refractivity contribution in [2.24, 2.45) is 0 Å². The second-order valence-corrected chi connectivity index (χ2v) is 8.67. The summed E-state index contributed by atoms with van der Waals surface area (Å²) < 4.78 is 39.2. The zero-order valence-corrected chi connectivity index (χ0v) is 17.1. The van der Waals surface area contributed by atoms with Crippen molar-refractivity contribution in [3.8, 4) is 0 Å². The third-order valence-corrected chi connectivity index (χ3v) is 6.80. The molecule has 2 saturated heterocycles. The van der Waals surface area contributed by atoms with Gasteiger partial charge in [0.2, 0.25) is 5.91 Å². The van der Waals surface area contributed by atoms with Crippen LogP contribution in [-0.4, -0.2) is 41.0 Å². The lowest BCUT2D eigenvalue weighted by molar-refractivity contribution is -0.137. The van der Waals surface area contributed by atoms with E-state index in [2.05, 4.69) is 10.3 Å². The quantitative estimate of drug-likeness (QED) is 0.776. The van der Waals surface area contributed by atoms with E-state index in [0.717, 1.165) is 25.0 Å². The minimum Gasteiger partial charge on any atom is -0.343 e. The van der Waals surface area contributed by atoms with E-state index in [4.69, 9.17) is 0 Å². The zero-order chi connectivity index (χ0) is 19.2. The highest BCUT2D eigenvalue weighted by Gasteiger charge is 2.36. The van der Waals surface area contributed by atoms with Crippen LogP contribution in [0.5, 0.6) is 0 Å². The summed E-state index contributed by atoms with van der Waals surface area (Å²) in [5.41, 5.74) is -0.344. The van der Waals surface area contributed by atoms with Crippen LogP contribution in [0.15, 0.2) is 18.2 Å². The van der Waals surface area contributed by atoms with Crippen molar-refractivity contribution >= 4 is 39.9 Å². The molecule has 0 aliphatic carbocycles. The van der Waals surface area contributed by atoms with Gasteiger partial charge in [0.05, 0.1) is 20.8 Å². The van der Waals surface area contributed by atoms with Gasteiger partial charge in [-0.05, 0) is 43.9 Å². The Bertz CT molecular complexity index is 845. The fraction of sp³-hybridized carbons (Fsp3) is 0.579. The number of thiazole rings is 1. The third-order valence-electron chi connectivity index (χ3n) is 5.70. The number of nitrogens with one attached hydrogen (secondary N) is 1. The number of hydrogen-bond donors (Lipinski definition) is 1. The van der Waals surface area contributed by atoms with Crippen LogP contribution in [0.1, 0.15) is 42.7 Å². The van der Waals surface area contributed by atoms with E-state index in [0.29, 0.717) is 40.1 Å². The van der Waals surface area contributed by atoms with E-state index in [9.17, 15) is 18.0 Å². The van der Waals surface area contributed by atoms with Gasteiger partial charge in [-0.1, -0.05) is 0 Å². The normalized spacial score (nSPS) is 24.2. The lowest BCUT2D eigenvalue weighted by atomic mass is 9.98. The van der Waals surface area contributed by atoms with Gasteiger partial charge in [-0.3, -0.25) is 4.79 Å². The Labute approximate surface area is 171 Å². The Kier molecular flexibility index (Phi) is 6.22. The number of alkyl halides is 3. The summed E-state index contributed by atoms with van der Waals surface area (Å²) in [5, 5.41) is 4.28. The maximum Gasteiger partial charge on any atom is 0.416 e. The second-order valence-electron chi connectivity index (χ2n) is 7.56. The monoisotopic (exact) mass is 433 g/mol. The maximum atomic E-state index is 12.8. The molecule has 9 heteroatoms. The third kappa shape index (κ3) is 4.44. The number of aromatic nitrogens is 1. The van der Waals surface area contributed by atoms with Crippen molar-refractivity contribution in [3.05, 3.63) is 28.8 Å². The standard InChI is InChI=1S/C19H22F3N3OS.ClH/c1-25(14-9-12-3-4-13(10-14)23-12)18(26)7-6-17-24-15-8-11(19(20,21)22)2-5-16(15)27-17;/h2,5,8,12-14,23H,3-4,6-7,9-10H2,1H3;1H. The summed E-state index contributed by atoms with van der Waals surface area (Å²) in [4.78, 5) is 18.7. The fourth-order valence-corrected chi connectivity index (χ4v) is 5.14. The summed E-state index contributed by atoms with van der Waals surface area (Å²) in [5.74, 6) is 0.0801. The van der Waals surface area contributed by atoms with Crippen LogP contribution in [-0.2, 0) is 17.4 Å². The lowest BCUT2D eigenvalue weighted by Crippen LogP contribution is -2.48. The molecule has 4 nitrogen and oxygen atoms in total. The van der Waals surface area contributed by atoms with Crippen molar-refractivity contribution in [2.75, 3.05) is 7.05 Å². The van der Waals surface area contributed by atoms with E-state index in [1.165, 1.54) is 30.2 Å². The number of aryl methyl sites for hydroxylation is 1. The average molecular weight is 434 g/mol. The Morgan fingerprint density at radius 2 is 1.96 bits per heavy atom. The van der Waals surface area contributed by atoms with Gasteiger partial charge < -0.3 is 10.2 Å². The SMILES string of the molecule is CN(C(=O)CCc1nc2cc(C(F)(F)F)ccc2s1)C1CC2CCC(C1)N2.Cl. The number of halogens is 4. The highest BCUT2D eigenvalue weighted by Crippen LogP contribution is 2.33. The highest BCUT2D eigenvalue weighted by atomic mass is 35.5. The van der Waals surface area contributed by atoms with Crippen LogP contribution in [0.4, 0.5) is 13.2 Å². The maximum absolute atomic E-state index is 12.8. The van der Waals surface area contributed by atoms with E-state index in [1.807, 2.05) is 11.9 Å². The molecule has 1 amide bonds. The van der Waals surface area contributed by atoms with Gasteiger partial charge in [-0.15, -0.1) is 23.7 Å². The predicted molar refractivity (Wildman–Crippen MR) is 106 cm³/mol. The first-order chi connectivity index (χ1) is 12.8. The van der Waals surface area contributed by atoms with E-state index >= 15 is 0 Å². The number of nitrogens with zero attached hydrogens (tertiary/aromatic N) is 2. The van der Waals surface area contributed by atoms with E-state index in [1.54, 1.807) is 0 Å². The van der Waals surface area contributed by atoms with Gasteiger partial charge in [0, 0.05) is 38.0 Å². The van der Waals surface area contributed by atoms with Gasteiger partial charge in [0.25, 0.3) is 0 Å². The fourth-order valence-electron chi connectivity index (χ4n) is 4.20. The summed E-state index contributed by atoms with van der Waals surface area (Å²) in [6.45, 7) is 0. The second kappa shape index (κ2) is 8.16. The lowest BCUT2D eigenvalue weighted by Gasteiger charge is -2.35. The number of fused-ring (bicyclic) bond motifs is 3. The van der Waals surface area contributed by atoms with Crippen molar-refractivity contribution in [1.29, 1.82) is 0 Å². The number of hydrogen-bond acceptors (Lipinski definition) is 4. The number of rotatable bonds is 4. The molecule has 2 bridgehead atoms. The molecular formula is C19H23ClF3N3OS. The molecule has 1 aromatic heterocycles. The molecule has 0 spiro atoms. The molecule has 1 aromatic carbocycles. The molecule has 2 aromatic rings. The first-order valence-electron chi connectivity index (χ1n) is 9.28. The summed E-state index contributed by atoms with van der Waals surface area (Å²) >= 11 is 1.36. The molecule has 2 unspecified atom stereocenters. The smallest absolute Gasteiger partial charge is 0.343 e. The summed E-state index contributed by atoms with van der Waals surface area (Å²) in [7, 11) is 1.87. The number of carbonyl (C=O) groups is 1. The molecule has 0 radical (unpaired) electrons. The molecule has 3 heterocycles. The molecule has 2 fully saturated rings.